The molecule has 1 aliphatic rings. The van der Waals surface area contributed by atoms with Crippen molar-refractivity contribution in [1.82, 2.24) is 5.32 Å². The molecule has 0 spiro atoms. The van der Waals surface area contributed by atoms with Gasteiger partial charge in [0.25, 0.3) is 0 Å². The summed E-state index contributed by atoms with van der Waals surface area (Å²) in [6, 6.07) is 0. The van der Waals surface area contributed by atoms with Crippen LogP contribution in [-0.2, 0) is 4.79 Å². The zero-order chi connectivity index (χ0) is 9.90. The highest BCUT2D eigenvalue weighted by Crippen LogP contribution is 2.51. The summed E-state index contributed by atoms with van der Waals surface area (Å²) < 4.78 is 0. The molecule has 0 radical (unpaired) electrons. The first-order valence-corrected chi connectivity index (χ1v) is 6.04. The molecule has 0 aromatic rings. The Morgan fingerprint density at radius 3 is 2.62 bits per heavy atom. The number of amides is 1. The van der Waals surface area contributed by atoms with Gasteiger partial charge in [-0.25, -0.2) is 0 Å². The molecule has 13 heavy (non-hydrogen) atoms. The summed E-state index contributed by atoms with van der Waals surface area (Å²) in [5.41, 5.74) is 0.263. The maximum Gasteiger partial charge on any atom is 0.223 e. The van der Waals surface area contributed by atoms with Gasteiger partial charge in [-0.3, -0.25) is 4.79 Å². The molecule has 1 unspecified atom stereocenters. The molecule has 1 amide bonds. The minimum absolute atomic E-state index is 0.250. The van der Waals surface area contributed by atoms with E-state index in [1.54, 1.807) is 0 Å². The van der Waals surface area contributed by atoms with Crippen LogP contribution in [0.5, 0.6) is 0 Å². The molecule has 0 bridgehead atoms. The first-order valence-electron chi connectivity index (χ1n) is 4.91. The van der Waals surface area contributed by atoms with E-state index in [-0.39, 0.29) is 17.2 Å². The number of halogens is 1. The molecule has 0 aromatic carbocycles. The molecule has 1 fully saturated rings. The molecule has 0 heterocycles. The fraction of sp³-hybridized carbons (Fsp3) is 0.900. The van der Waals surface area contributed by atoms with E-state index in [2.05, 4.69) is 35.1 Å². The highest BCUT2D eigenvalue weighted by molar-refractivity contribution is 9.09. The van der Waals surface area contributed by atoms with E-state index in [0.29, 0.717) is 0 Å². The number of nitrogens with one attached hydrogen (secondary N) is 1. The molecule has 76 valence electrons. The van der Waals surface area contributed by atoms with Crippen molar-refractivity contribution in [2.24, 2.45) is 11.3 Å². The van der Waals surface area contributed by atoms with E-state index in [1.165, 1.54) is 0 Å². The van der Waals surface area contributed by atoms with E-state index < -0.39 is 0 Å². The van der Waals surface area contributed by atoms with Gasteiger partial charge in [-0.05, 0) is 24.7 Å². The van der Waals surface area contributed by atoms with Gasteiger partial charge in [-0.2, -0.15) is 0 Å². The number of hydrogen-bond donors (Lipinski definition) is 1. The Morgan fingerprint density at radius 1 is 1.54 bits per heavy atom. The van der Waals surface area contributed by atoms with Crippen molar-refractivity contribution in [2.45, 2.75) is 33.1 Å². The Labute approximate surface area is 88.6 Å². The Balaban J connectivity index is 2.06. The standard InChI is InChI=1S/C10H18BrNO/c1-10(2)7-8(10)9(13)12-6-4-3-5-11/h8H,3-7H2,1-2H3,(H,12,13). The summed E-state index contributed by atoms with van der Waals surface area (Å²) in [5.74, 6) is 0.524. The number of hydrogen-bond acceptors (Lipinski definition) is 1. The molecular formula is C10H18BrNO. The molecule has 1 atom stereocenters. The number of carbonyl (C=O) groups is 1. The van der Waals surface area contributed by atoms with E-state index in [1.807, 2.05) is 0 Å². The van der Waals surface area contributed by atoms with Crippen LogP contribution in [0.1, 0.15) is 33.1 Å². The Kier molecular flexibility index (Phi) is 3.77. The molecule has 1 rings (SSSR count). The van der Waals surface area contributed by atoms with Crippen molar-refractivity contribution < 1.29 is 4.79 Å². The van der Waals surface area contributed by atoms with E-state index in [4.69, 9.17) is 0 Å². The van der Waals surface area contributed by atoms with Crippen molar-refractivity contribution in [3.05, 3.63) is 0 Å². The van der Waals surface area contributed by atoms with Gasteiger partial charge in [-0.15, -0.1) is 0 Å². The van der Waals surface area contributed by atoms with Crippen LogP contribution in [0.2, 0.25) is 0 Å². The minimum Gasteiger partial charge on any atom is -0.356 e. The molecule has 0 aliphatic heterocycles. The van der Waals surface area contributed by atoms with Crippen molar-refractivity contribution in [2.75, 3.05) is 11.9 Å². The fourth-order valence-electron chi connectivity index (χ4n) is 1.47. The average molecular weight is 248 g/mol. The van der Waals surface area contributed by atoms with Crippen molar-refractivity contribution in [1.29, 1.82) is 0 Å². The van der Waals surface area contributed by atoms with Gasteiger partial charge in [0.05, 0.1) is 0 Å². The number of unbranched alkanes of at least 4 members (excludes halogenated alkanes) is 1. The van der Waals surface area contributed by atoms with Gasteiger partial charge < -0.3 is 5.32 Å². The van der Waals surface area contributed by atoms with Crippen molar-refractivity contribution in [3.63, 3.8) is 0 Å². The summed E-state index contributed by atoms with van der Waals surface area (Å²) in [6.45, 7) is 5.13. The summed E-state index contributed by atoms with van der Waals surface area (Å²) in [6.07, 6.45) is 3.26. The maximum atomic E-state index is 11.5. The number of carbonyl (C=O) groups excluding carboxylic acids is 1. The van der Waals surface area contributed by atoms with Gasteiger partial charge in [0.15, 0.2) is 0 Å². The normalized spacial score (nSPS) is 24.1. The SMILES string of the molecule is CC1(C)CC1C(=O)NCCCCBr. The monoisotopic (exact) mass is 247 g/mol. The van der Waals surface area contributed by atoms with Gasteiger partial charge >= 0.3 is 0 Å². The lowest BCUT2D eigenvalue weighted by Crippen LogP contribution is -2.27. The molecular weight excluding hydrogens is 230 g/mol. The predicted octanol–water partition coefficient (Wildman–Crippen LogP) is 2.32. The Bertz CT molecular complexity index is 191. The third kappa shape index (κ3) is 3.29. The third-order valence-corrected chi connectivity index (χ3v) is 3.25. The molecule has 1 N–H and O–H groups in total. The Hall–Kier alpha value is -0.0500. The molecule has 0 aromatic heterocycles. The highest BCUT2D eigenvalue weighted by atomic mass is 79.9. The first kappa shape index (κ1) is 11.0. The fourth-order valence-corrected chi connectivity index (χ4v) is 1.87. The lowest BCUT2D eigenvalue weighted by Gasteiger charge is -2.05. The lowest BCUT2D eigenvalue weighted by atomic mass is 10.1. The largest absolute Gasteiger partial charge is 0.356 e. The topological polar surface area (TPSA) is 29.1 Å². The molecule has 1 saturated carbocycles. The molecule has 3 heteroatoms. The van der Waals surface area contributed by atoms with Crippen LogP contribution >= 0.6 is 15.9 Å². The Morgan fingerprint density at radius 2 is 2.15 bits per heavy atom. The summed E-state index contributed by atoms with van der Waals surface area (Å²) in [7, 11) is 0. The molecule has 1 aliphatic carbocycles. The van der Waals surface area contributed by atoms with Crippen LogP contribution in [0.15, 0.2) is 0 Å². The van der Waals surface area contributed by atoms with Gasteiger partial charge in [0.1, 0.15) is 0 Å². The van der Waals surface area contributed by atoms with E-state index >= 15 is 0 Å². The predicted molar refractivity (Wildman–Crippen MR) is 57.9 cm³/mol. The van der Waals surface area contributed by atoms with Gasteiger partial charge in [0.2, 0.25) is 5.91 Å². The summed E-state index contributed by atoms with van der Waals surface area (Å²) in [5, 5.41) is 4.00. The smallest absolute Gasteiger partial charge is 0.223 e. The number of alkyl halides is 1. The van der Waals surface area contributed by atoms with Crippen LogP contribution in [0.25, 0.3) is 0 Å². The van der Waals surface area contributed by atoms with Crippen LogP contribution in [0, 0.1) is 11.3 Å². The van der Waals surface area contributed by atoms with Crippen LogP contribution in [0.4, 0.5) is 0 Å². The first-order chi connectivity index (χ1) is 6.08. The van der Waals surface area contributed by atoms with Crippen LogP contribution in [0.3, 0.4) is 0 Å². The van der Waals surface area contributed by atoms with Crippen molar-refractivity contribution in [3.8, 4) is 0 Å². The van der Waals surface area contributed by atoms with Gasteiger partial charge in [0, 0.05) is 17.8 Å². The highest BCUT2D eigenvalue weighted by Gasteiger charge is 2.50. The van der Waals surface area contributed by atoms with Crippen LogP contribution < -0.4 is 5.32 Å². The maximum absolute atomic E-state index is 11.5. The lowest BCUT2D eigenvalue weighted by molar-refractivity contribution is -0.122. The number of rotatable bonds is 5. The zero-order valence-electron chi connectivity index (χ0n) is 8.40. The zero-order valence-corrected chi connectivity index (χ0v) is 9.99. The molecule has 2 nitrogen and oxygen atoms in total. The van der Waals surface area contributed by atoms with Gasteiger partial charge in [-0.1, -0.05) is 29.8 Å². The second-order valence-electron chi connectivity index (χ2n) is 4.43. The quantitative estimate of drug-likeness (QED) is 0.587. The molecule has 0 saturated heterocycles. The second kappa shape index (κ2) is 4.45. The second-order valence-corrected chi connectivity index (χ2v) is 5.23. The summed E-state index contributed by atoms with van der Waals surface area (Å²) in [4.78, 5) is 11.5. The van der Waals surface area contributed by atoms with E-state index in [9.17, 15) is 4.79 Å². The minimum atomic E-state index is 0.250. The summed E-state index contributed by atoms with van der Waals surface area (Å²) >= 11 is 3.36. The van der Waals surface area contributed by atoms with E-state index in [0.717, 1.165) is 31.1 Å². The third-order valence-electron chi connectivity index (χ3n) is 2.69. The van der Waals surface area contributed by atoms with Crippen molar-refractivity contribution >= 4 is 21.8 Å². The average Bonchev–Trinajstić information content (AvgIpc) is 2.69. The van der Waals surface area contributed by atoms with Crippen LogP contribution in [-0.4, -0.2) is 17.8 Å².